The normalized spacial score (nSPS) is 30.9. The Morgan fingerprint density at radius 1 is 1.24 bits per heavy atom. The van der Waals surface area contributed by atoms with Gasteiger partial charge in [-0.15, -0.1) is 0 Å². The van der Waals surface area contributed by atoms with Crippen LogP contribution in [0.1, 0.15) is 49.4 Å². The highest BCUT2D eigenvalue weighted by Crippen LogP contribution is 2.42. The lowest BCUT2D eigenvalue weighted by Gasteiger charge is -2.46. The summed E-state index contributed by atoms with van der Waals surface area (Å²) in [5, 5.41) is 0.952. The van der Waals surface area contributed by atoms with Gasteiger partial charge < -0.3 is 38.2 Å². The number of carbonyl (C=O) groups excluding carboxylic acids is 1. The summed E-state index contributed by atoms with van der Waals surface area (Å²) in [7, 11) is 2.41. The molecule has 0 aliphatic carbocycles. The zero-order valence-corrected chi connectivity index (χ0v) is 17.2. The number of para-hydroxylation sites is 1. The predicted octanol–water partition coefficient (Wildman–Crippen LogP) is 0.879. The fraction of sp³-hybridized carbons (Fsp3) is 0.550. The third-order valence-corrected chi connectivity index (χ3v) is 6.36. The molecule has 2 aromatic rings. The predicted molar refractivity (Wildman–Crippen MR) is 94.9 cm³/mol. The molecule has 25 heavy (non-hydrogen) atoms. The molecule has 2 saturated heterocycles. The van der Waals surface area contributed by atoms with E-state index < -0.39 is 0 Å². The lowest BCUT2D eigenvalue weighted by Crippen LogP contribution is -3.00. The molecule has 2 fully saturated rings. The first-order valence-corrected chi connectivity index (χ1v) is 9.24. The van der Waals surface area contributed by atoms with Crippen LogP contribution in [-0.4, -0.2) is 47.2 Å². The van der Waals surface area contributed by atoms with Crippen LogP contribution >= 0.6 is 0 Å². The molecule has 0 amide bonds. The maximum absolute atomic E-state index is 12.7. The molecule has 1 N–H and O–H groups in total. The molecular weight excluding hydrogens is 427 g/mol. The first-order valence-electron chi connectivity index (χ1n) is 9.24. The van der Waals surface area contributed by atoms with Crippen molar-refractivity contribution in [3.05, 3.63) is 36.0 Å². The number of halogens is 1. The standard InChI is InChI=1S/C20H26N2O2.HI/c1-3-10-22(2)14-8-9-15(22)12-16(11-14)24-20(23)18-13-21-19-7-5-4-6-17(18)19;/h4-7,13-16H,3,8-12H2,1-2H3;1H. The van der Waals surface area contributed by atoms with E-state index in [1.165, 1.54) is 30.3 Å². The number of piperidine rings is 1. The molecule has 2 atom stereocenters. The summed E-state index contributed by atoms with van der Waals surface area (Å²) in [6.07, 6.45) is 7.67. The number of benzene rings is 1. The number of H-pyrrole nitrogens is 1. The summed E-state index contributed by atoms with van der Waals surface area (Å²) in [5.41, 5.74) is 1.65. The second kappa shape index (κ2) is 7.27. The molecule has 5 heteroatoms. The molecule has 1 aromatic carbocycles. The number of carbonyl (C=O) groups is 1. The zero-order chi connectivity index (χ0) is 16.7. The number of quaternary nitrogens is 1. The average Bonchev–Trinajstić information content (AvgIpc) is 3.03. The SMILES string of the molecule is CCC[N+]1(C)C2CCC1CC(OC(=O)c1c[nH]c3ccccc13)C2.[I-]. The summed E-state index contributed by atoms with van der Waals surface area (Å²) in [5.74, 6) is -0.177. The number of ether oxygens (including phenoxy) is 1. The van der Waals surface area contributed by atoms with E-state index >= 15 is 0 Å². The average molecular weight is 454 g/mol. The molecule has 0 spiro atoms. The Bertz CT molecular complexity index is 743. The maximum atomic E-state index is 12.7. The van der Waals surface area contributed by atoms with E-state index in [4.69, 9.17) is 4.74 Å². The van der Waals surface area contributed by atoms with Crippen molar-refractivity contribution in [2.24, 2.45) is 0 Å². The van der Waals surface area contributed by atoms with Gasteiger partial charge in [0.2, 0.25) is 0 Å². The third-order valence-electron chi connectivity index (χ3n) is 6.36. The van der Waals surface area contributed by atoms with Gasteiger partial charge in [0.05, 0.1) is 31.2 Å². The van der Waals surface area contributed by atoms with Crippen LogP contribution in [0.25, 0.3) is 10.9 Å². The van der Waals surface area contributed by atoms with Gasteiger partial charge >= 0.3 is 5.97 Å². The van der Waals surface area contributed by atoms with Gasteiger partial charge in [-0.25, -0.2) is 4.79 Å². The number of esters is 1. The Kier molecular flexibility index (Phi) is 5.44. The van der Waals surface area contributed by atoms with Crippen LogP contribution in [0.4, 0.5) is 0 Å². The molecule has 2 unspecified atom stereocenters. The molecule has 2 aliphatic rings. The molecule has 0 saturated carbocycles. The number of fused-ring (bicyclic) bond motifs is 3. The van der Waals surface area contributed by atoms with Crippen LogP contribution in [-0.2, 0) is 4.74 Å². The summed E-state index contributed by atoms with van der Waals surface area (Å²) >= 11 is 0. The molecule has 3 heterocycles. The number of nitrogens with one attached hydrogen (secondary N) is 1. The van der Waals surface area contributed by atoms with Gasteiger partial charge in [0.15, 0.2) is 0 Å². The minimum Gasteiger partial charge on any atom is -1.00 e. The smallest absolute Gasteiger partial charge is 0.340 e. The highest BCUT2D eigenvalue weighted by atomic mass is 127. The highest BCUT2D eigenvalue weighted by molar-refractivity contribution is 6.04. The number of hydrogen-bond acceptors (Lipinski definition) is 2. The molecule has 0 radical (unpaired) electrons. The molecule has 4 nitrogen and oxygen atoms in total. The van der Waals surface area contributed by atoms with Gasteiger partial charge in [0.25, 0.3) is 0 Å². The van der Waals surface area contributed by atoms with Crippen molar-refractivity contribution < 1.29 is 38.0 Å². The van der Waals surface area contributed by atoms with Gasteiger partial charge in [0, 0.05) is 42.8 Å². The first kappa shape index (κ1) is 18.7. The van der Waals surface area contributed by atoms with Crippen molar-refractivity contribution in [2.75, 3.05) is 13.6 Å². The van der Waals surface area contributed by atoms with E-state index in [9.17, 15) is 4.79 Å². The Hall–Kier alpha value is -1.08. The summed E-state index contributed by atoms with van der Waals surface area (Å²) in [6, 6.07) is 9.21. The quantitative estimate of drug-likeness (QED) is 0.424. The van der Waals surface area contributed by atoms with Crippen molar-refractivity contribution >= 4 is 16.9 Å². The Labute approximate surface area is 166 Å². The van der Waals surface area contributed by atoms with Crippen LogP contribution < -0.4 is 24.0 Å². The first-order chi connectivity index (χ1) is 11.6. The number of hydrogen-bond donors (Lipinski definition) is 1. The van der Waals surface area contributed by atoms with E-state index in [2.05, 4.69) is 19.0 Å². The topological polar surface area (TPSA) is 42.1 Å². The Morgan fingerprint density at radius 3 is 2.60 bits per heavy atom. The molecule has 2 bridgehead atoms. The maximum Gasteiger partial charge on any atom is 0.340 e. The molecule has 136 valence electrons. The van der Waals surface area contributed by atoms with E-state index in [0.29, 0.717) is 17.6 Å². The third kappa shape index (κ3) is 3.21. The largest absolute Gasteiger partial charge is 1.00 e. The summed E-state index contributed by atoms with van der Waals surface area (Å²) in [6.45, 7) is 3.52. The summed E-state index contributed by atoms with van der Waals surface area (Å²) < 4.78 is 7.12. The Balaban J connectivity index is 0.00000182. The minimum absolute atomic E-state index is 0. The molecule has 4 rings (SSSR count). The van der Waals surface area contributed by atoms with Gasteiger partial charge in [-0.3, -0.25) is 0 Å². The van der Waals surface area contributed by atoms with Crippen molar-refractivity contribution in [1.29, 1.82) is 0 Å². The second-order valence-corrected chi connectivity index (χ2v) is 7.70. The zero-order valence-electron chi connectivity index (χ0n) is 15.0. The monoisotopic (exact) mass is 454 g/mol. The van der Waals surface area contributed by atoms with Crippen LogP contribution in [0.5, 0.6) is 0 Å². The number of aromatic nitrogens is 1. The number of aromatic amines is 1. The lowest BCUT2D eigenvalue weighted by atomic mass is 9.96. The van der Waals surface area contributed by atoms with Gasteiger partial charge in [0.1, 0.15) is 6.10 Å². The van der Waals surface area contributed by atoms with E-state index in [1.807, 2.05) is 24.3 Å². The van der Waals surface area contributed by atoms with E-state index in [0.717, 1.165) is 23.7 Å². The van der Waals surface area contributed by atoms with Gasteiger partial charge in [-0.05, 0) is 12.5 Å². The van der Waals surface area contributed by atoms with Crippen molar-refractivity contribution in [2.45, 2.75) is 57.2 Å². The molecule has 2 aliphatic heterocycles. The number of rotatable bonds is 4. The molecule has 1 aromatic heterocycles. The van der Waals surface area contributed by atoms with Crippen LogP contribution in [0.3, 0.4) is 0 Å². The van der Waals surface area contributed by atoms with Gasteiger partial charge in [-0.1, -0.05) is 25.1 Å². The molecular formula is C20H27IN2O2. The highest BCUT2D eigenvalue weighted by Gasteiger charge is 2.51. The number of nitrogens with zero attached hydrogens (tertiary/aromatic N) is 1. The van der Waals surface area contributed by atoms with Crippen LogP contribution in [0.2, 0.25) is 0 Å². The van der Waals surface area contributed by atoms with E-state index in [-0.39, 0.29) is 36.0 Å². The van der Waals surface area contributed by atoms with Crippen LogP contribution in [0, 0.1) is 0 Å². The van der Waals surface area contributed by atoms with Crippen LogP contribution in [0.15, 0.2) is 30.5 Å². The second-order valence-electron chi connectivity index (χ2n) is 7.70. The van der Waals surface area contributed by atoms with Crippen molar-refractivity contribution in [1.82, 2.24) is 4.98 Å². The van der Waals surface area contributed by atoms with Gasteiger partial charge in [-0.2, -0.15) is 0 Å². The lowest BCUT2D eigenvalue weighted by molar-refractivity contribution is -0.949. The minimum atomic E-state index is -0.177. The van der Waals surface area contributed by atoms with E-state index in [1.54, 1.807) is 6.20 Å². The fourth-order valence-electron chi connectivity index (χ4n) is 5.09. The van der Waals surface area contributed by atoms with Crippen molar-refractivity contribution in [3.63, 3.8) is 0 Å². The van der Waals surface area contributed by atoms with Crippen molar-refractivity contribution in [3.8, 4) is 0 Å². The Morgan fingerprint density at radius 2 is 1.92 bits per heavy atom. The summed E-state index contributed by atoms with van der Waals surface area (Å²) in [4.78, 5) is 15.8. The fourth-order valence-corrected chi connectivity index (χ4v) is 5.09.